The molecule has 0 unspecified atom stereocenters. The molecule has 0 aromatic heterocycles. The lowest BCUT2D eigenvalue weighted by Crippen LogP contribution is -2.35. The molecule has 0 bridgehead atoms. The third kappa shape index (κ3) is 2.85. The van der Waals surface area contributed by atoms with E-state index in [2.05, 4.69) is 89.8 Å². The second kappa shape index (κ2) is 5.83. The highest BCUT2D eigenvalue weighted by Crippen LogP contribution is 2.20. The molecule has 2 heteroatoms. The van der Waals surface area contributed by atoms with Crippen LogP contribution in [0.4, 0.5) is 0 Å². The SMILES string of the molecule is CC1N(Cc2ccccc2)C=CN1Cc1ccccc1. The summed E-state index contributed by atoms with van der Waals surface area (Å²) in [4.78, 5) is 4.75. The van der Waals surface area contributed by atoms with E-state index in [0.717, 1.165) is 13.1 Å². The number of rotatable bonds is 4. The zero-order valence-electron chi connectivity index (χ0n) is 11.8. The zero-order valence-corrected chi connectivity index (χ0v) is 11.8. The fraction of sp³-hybridized carbons (Fsp3) is 0.222. The molecule has 1 heterocycles. The average Bonchev–Trinajstić information content (AvgIpc) is 2.83. The largest absolute Gasteiger partial charge is 0.352 e. The smallest absolute Gasteiger partial charge is 0.0984 e. The number of hydrogen-bond donors (Lipinski definition) is 0. The second-order valence-electron chi connectivity index (χ2n) is 5.25. The number of benzene rings is 2. The van der Waals surface area contributed by atoms with Crippen molar-refractivity contribution in [3.63, 3.8) is 0 Å². The fourth-order valence-corrected chi connectivity index (χ4v) is 2.57. The molecule has 0 spiro atoms. The summed E-state index contributed by atoms with van der Waals surface area (Å²) in [6, 6.07) is 21.2. The molecule has 0 fully saturated rings. The van der Waals surface area contributed by atoms with Crippen LogP contribution in [0.1, 0.15) is 18.1 Å². The minimum atomic E-state index is 0.399. The van der Waals surface area contributed by atoms with Crippen molar-refractivity contribution >= 4 is 0 Å². The van der Waals surface area contributed by atoms with Crippen LogP contribution >= 0.6 is 0 Å². The molecule has 0 N–H and O–H groups in total. The summed E-state index contributed by atoms with van der Waals surface area (Å²) >= 11 is 0. The van der Waals surface area contributed by atoms with Gasteiger partial charge in [0.05, 0.1) is 6.17 Å². The maximum absolute atomic E-state index is 2.37. The van der Waals surface area contributed by atoms with Gasteiger partial charge in [-0.1, -0.05) is 60.7 Å². The summed E-state index contributed by atoms with van der Waals surface area (Å²) in [5, 5.41) is 0. The maximum Gasteiger partial charge on any atom is 0.0984 e. The lowest BCUT2D eigenvalue weighted by atomic mass is 10.2. The minimum absolute atomic E-state index is 0.399. The van der Waals surface area contributed by atoms with E-state index < -0.39 is 0 Å². The van der Waals surface area contributed by atoms with Crippen LogP contribution in [0.2, 0.25) is 0 Å². The minimum Gasteiger partial charge on any atom is -0.352 e. The first-order chi connectivity index (χ1) is 9.83. The van der Waals surface area contributed by atoms with E-state index in [1.54, 1.807) is 0 Å². The van der Waals surface area contributed by atoms with E-state index in [0.29, 0.717) is 6.17 Å². The van der Waals surface area contributed by atoms with Crippen molar-refractivity contribution in [2.75, 3.05) is 0 Å². The Kier molecular flexibility index (Phi) is 3.73. The van der Waals surface area contributed by atoms with E-state index >= 15 is 0 Å². The lowest BCUT2D eigenvalue weighted by Gasteiger charge is -2.30. The van der Waals surface area contributed by atoms with E-state index in [1.165, 1.54) is 11.1 Å². The van der Waals surface area contributed by atoms with Crippen molar-refractivity contribution in [2.45, 2.75) is 26.2 Å². The zero-order chi connectivity index (χ0) is 13.8. The van der Waals surface area contributed by atoms with Crippen molar-refractivity contribution in [2.24, 2.45) is 0 Å². The molecular weight excluding hydrogens is 244 g/mol. The first-order valence-corrected chi connectivity index (χ1v) is 7.10. The Balaban J connectivity index is 1.63. The molecule has 1 aliphatic heterocycles. The van der Waals surface area contributed by atoms with Gasteiger partial charge in [-0.3, -0.25) is 0 Å². The summed E-state index contributed by atoms with van der Waals surface area (Å²) < 4.78 is 0. The maximum atomic E-state index is 2.37. The highest BCUT2D eigenvalue weighted by atomic mass is 15.4. The summed E-state index contributed by atoms with van der Waals surface area (Å²) in [7, 11) is 0. The second-order valence-corrected chi connectivity index (χ2v) is 5.25. The van der Waals surface area contributed by atoms with E-state index in [1.807, 2.05) is 0 Å². The van der Waals surface area contributed by atoms with Crippen molar-refractivity contribution in [3.05, 3.63) is 84.2 Å². The van der Waals surface area contributed by atoms with Gasteiger partial charge in [0.2, 0.25) is 0 Å². The van der Waals surface area contributed by atoms with Gasteiger partial charge < -0.3 is 9.80 Å². The molecule has 0 amide bonds. The van der Waals surface area contributed by atoms with Gasteiger partial charge in [0.1, 0.15) is 0 Å². The van der Waals surface area contributed by atoms with Crippen LogP contribution in [0.3, 0.4) is 0 Å². The average molecular weight is 264 g/mol. The lowest BCUT2D eigenvalue weighted by molar-refractivity contribution is 0.159. The van der Waals surface area contributed by atoms with Gasteiger partial charge in [0.15, 0.2) is 0 Å². The molecule has 2 aromatic carbocycles. The third-order valence-electron chi connectivity index (χ3n) is 3.83. The predicted molar refractivity (Wildman–Crippen MR) is 82.6 cm³/mol. The Hall–Kier alpha value is -2.22. The standard InChI is InChI=1S/C18H20N2/c1-16-19(14-17-8-4-2-5-9-17)12-13-20(16)15-18-10-6-3-7-11-18/h2-13,16H,14-15H2,1H3. The molecule has 102 valence electrons. The van der Waals surface area contributed by atoms with Gasteiger partial charge in [0, 0.05) is 25.5 Å². The Morgan fingerprint density at radius 1 is 0.700 bits per heavy atom. The Labute approximate surface area is 121 Å². The first-order valence-electron chi connectivity index (χ1n) is 7.10. The van der Waals surface area contributed by atoms with Crippen molar-refractivity contribution in [1.29, 1.82) is 0 Å². The summed E-state index contributed by atoms with van der Waals surface area (Å²) in [5.74, 6) is 0. The Bertz CT molecular complexity index is 511. The van der Waals surface area contributed by atoms with Crippen LogP contribution in [0.5, 0.6) is 0 Å². The van der Waals surface area contributed by atoms with Gasteiger partial charge in [-0.2, -0.15) is 0 Å². The highest BCUT2D eigenvalue weighted by molar-refractivity contribution is 5.17. The van der Waals surface area contributed by atoms with Crippen molar-refractivity contribution in [1.82, 2.24) is 9.80 Å². The van der Waals surface area contributed by atoms with Crippen molar-refractivity contribution in [3.8, 4) is 0 Å². The molecule has 0 aliphatic carbocycles. The van der Waals surface area contributed by atoms with Crippen molar-refractivity contribution < 1.29 is 0 Å². The van der Waals surface area contributed by atoms with Gasteiger partial charge in [0.25, 0.3) is 0 Å². The molecule has 1 aliphatic rings. The Morgan fingerprint density at radius 3 is 1.50 bits per heavy atom. The highest BCUT2D eigenvalue weighted by Gasteiger charge is 2.21. The fourth-order valence-electron chi connectivity index (χ4n) is 2.57. The van der Waals surface area contributed by atoms with E-state index in [-0.39, 0.29) is 0 Å². The van der Waals surface area contributed by atoms with Crippen LogP contribution in [0, 0.1) is 0 Å². The van der Waals surface area contributed by atoms with Crippen LogP contribution in [0.25, 0.3) is 0 Å². The molecular formula is C18H20N2. The van der Waals surface area contributed by atoms with Crippen LogP contribution in [-0.2, 0) is 13.1 Å². The van der Waals surface area contributed by atoms with E-state index in [9.17, 15) is 0 Å². The predicted octanol–water partition coefficient (Wildman–Crippen LogP) is 3.82. The number of hydrogen-bond acceptors (Lipinski definition) is 2. The number of nitrogens with zero attached hydrogens (tertiary/aromatic N) is 2. The molecule has 0 saturated carbocycles. The van der Waals surface area contributed by atoms with Gasteiger partial charge in [-0.15, -0.1) is 0 Å². The summed E-state index contributed by atoms with van der Waals surface area (Å²) in [6.07, 6.45) is 4.79. The van der Waals surface area contributed by atoms with E-state index in [4.69, 9.17) is 0 Å². The Morgan fingerprint density at radius 2 is 1.10 bits per heavy atom. The quantitative estimate of drug-likeness (QED) is 0.828. The van der Waals surface area contributed by atoms with Crippen LogP contribution in [-0.4, -0.2) is 16.0 Å². The first kappa shape index (κ1) is 12.8. The van der Waals surface area contributed by atoms with Gasteiger partial charge in [-0.25, -0.2) is 0 Å². The molecule has 3 rings (SSSR count). The monoisotopic (exact) mass is 264 g/mol. The summed E-state index contributed by atoms with van der Waals surface area (Å²) in [6.45, 7) is 4.18. The van der Waals surface area contributed by atoms with Crippen LogP contribution < -0.4 is 0 Å². The summed E-state index contributed by atoms with van der Waals surface area (Å²) in [5.41, 5.74) is 2.70. The van der Waals surface area contributed by atoms with Crippen LogP contribution in [0.15, 0.2) is 73.1 Å². The molecule has 0 saturated heterocycles. The van der Waals surface area contributed by atoms with Gasteiger partial charge >= 0.3 is 0 Å². The normalized spacial score (nSPS) is 15.1. The van der Waals surface area contributed by atoms with Gasteiger partial charge in [-0.05, 0) is 18.1 Å². The molecule has 0 atom stereocenters. The molecule has 20 heavy (non-hydrogen) atoms. The third-order valence-corrected chi connectivity index (χ3v) is 3.83. The molecule has 2 nitrogen and oxygen atoms in total. The molecule has 2 aromatic rings. The molecule has 0 radical (unpaired) electrons. The topological polar surface area (TPSA) is 6.48 Å².